The van der Waals surface area contributed by atoms with Gasteiger partial charge < -0.3 is 4.74 Å². The number of hydrogen-bond acceptors (Lipinski definition) is 2. The Bertz CT molecular complexity index is 729. The van der Waals surface area contributed by atoms with Gasteiger partial charge in [0.15, 0.2) is 0 Å². The second-order valence-corrected chi connectivity index (χ2v) is 8.08. The molecule has 1 spiro atoms. The van der Waals surface area contributed by atoms with Crippen LogP contribution in [0.25, 0.3) is 0 Å². The van der Waals surface area contributed by atoms with Crippen molar-refractivity contribution in [3.63, 3.8) is 0 Å². The molecule has 3 heteroatoms. The first-order valence-electron chi connectivity index (χ1n) is 9.21. The van der Waals surface area contributed by atoms with Gasteiger partial charge in [0, 0.05) is 11.7 Å². The molecule has 2 fully saturated rings. The molecule has 0 aromatic heterocycles. The third-order valence-corrected chi connectivity index (χ3v) is 6.46. The average Bonchev–Trinajstić information content (AvgIpc) is 3.05. The van der Waals surface area contributed by atoms with Gasteiger partial charge in [0.05, 0.1) is 13.2 Å². The molecule has 0 bridgehead atoms. The highest BCUT2D eigenvalue weighted by Gasteiger charge is 2.44. The highest BCUT2D eigenvalue weighted by molar-refractivity contribution is 7.79. The van der Waals surface area contributed by atoms with Crippen LogP contribution in [0.1, 0.15) is 54.2 Å². The molecule has 0 radical (unpaired) electrons. The van der Waals surface area contributed by atoms with Crippen LogP contribution < -0.4 is 0 Å². The van der Waals surface area contributed by atoms with E-state index in [1.807, 2.05) is 12.1 Å². The van der Waals surface area contributed by atoms with E-state index in [2.05, 4.69) is 36.9 Å². The molecule has 0 amide bonds. The van der Waals surface area contributed by atoms with Gasteiger partial charge in [-0.1, -0.05) is 36.4 Å². The van der Waals surface area contributed by atoms with E-state index in [-0.39, 0.29) is 11.2 Å². The summed E-state index contributed by atoms with van der Waals surface area (Å²) in [6.07, 6.45) is 4.72. The lowest BCUT2D eigenvalue weighted by Crippen LogP contribution is -2.34. The summed E-state index contributed by atoms with van der Waals surface area (Å²) in [4.78, 5) is 0. The van der Waals surface area contributed by atoms with Crippen LogP contribution in [0.5, 0.6) is 0 Å². The number of thiol groups is 1. The molecule has 1 heterocycles. The lowest BCUT2D eigenvalue weighted by atomic mass is 9.73. The fourth-order valence-corrected chi connectivity index (χ4v) is 5.17. The van der Waals surface area contributed by atoms with Gasteiger partial charge in [-0.05, 0) is 65.8 Å². The third-order valence-electron chi connectivity index (χ3n) is 6.12. The molecular formula is C22H25FOS. The number of hydrogen-bond donors (Lipinski definition) is 1. The molecule has 1 saturated heterocycles. The Balaban J connectivity index is 1.52. The second-order valence-electron chi connectivity index (χ2n) is 7.76. The van der Waals surface area contributed by atoms with E-state index in [1.54, 1.807) is 12.1 Å². The first kappa shape index (κ1) is 17.1. The SMILES string of the molecule is Fc1ccc(C2CCC3(COCC(c4ccccc4CS)C3)C2)cc1. The molecule has 1 aliphatic heterocycles. The minimum Gasteiger partial charge on any atom is -0.380 e. The van der Waals surface area contributed by atoms with Crippen molar-refractivity contribution in [3.05, 3.63) is 71.0 Å². The number of ether oxygens (including phenoxy) is 1. The van der Waals surface area contributed by atoms with Gasteiger partial charge in [0.25, 0.3) is 0 Å². The van der Waals surface area contributed by atoms with Crippen LogP contribution >= 0.6 is 12.6 Å². The molecule has 0 N–H and O–H groups in total. The molecule has 4 rings (SSSR count). The summed E-state index contributed by atoms with van der Waals surface area (Å²) in [6, 6.07) is 15.7. The normalized spacial score (nSPS) is 29.2. The first-order chi connectivity index (χ1) is 12.2. The average molecular weight is 357 g/mol. The van der Waals surface area contributed by atoms with Crippen LogP contribution in [0.4, 0.5) is 4.39 Å². The van der Waals surface area contributed by atoms with Crippen molar-refractivity contribution in [3.8, 4) is 0 Å². The highest BCUT2D eigenvalue weighted by Crippen LogP contribution is 2.53. The first-order valence-corrected chi connectivity index (χ1v) is 9.84. The van der Waals surface area contributed by atoms with Gasteiger partial charge in [-0.2, -0.15) is 12.6 Å². The highest BCUT2D eigenvalue weighted by atomic mass is 32.1. The molecular weight excluding hydrogens is 331 g/mol. The zero-order chi connectivity index (χ0) is 17.3. The van der Waals surface area contributed by atoms with Crippen molar-refractivity contribution >= 4 is 12.6 Å². The Morgan fingerprint density at radius 3 is 2.60 bits per heavy atom. The van der Waals surface area contributed by atoms with E-state index >= 15 is 0 Å². The predicted octanol–water partition coefficient (Wildman–Crippen LogP) is 5.71. The molecule has 3 atom stereocenters. The molecule has 2 aromatic rings. The van der Waals surface area contributed by atoms with Crippen LogP contribution in [0.2, 0.25) is 0 Å². The summed E-state index contributed by atoms with van der Waals surface area (Å²) in [6.45, 7) is 1.68. The fraction of sp³-hybridized carbons (Fsp3) is 0.455. The molecule has 3 unspecified atom stereocenters. The van der Waals surface area contributed by atoms with Crippen molar-refractivity contribution in [1.82, 2.24) is 0 Å². The van der Waals surface area contributed by atoms with Gasteiger partial charge in [0.2, 0.25) is 0 Å². The van der Waals surface area contributed by atoms with E-state index < -0.39 is 0 Å². The van der Waals surface area contributed by atoms with Crippen LogP contribution in [0.3, 0.4) is 0 Å². The molecule has 1 saturated carbocycles. The largest absolute Gasteiger partial charge is 0.380 e. The quantitative estimate of drug-likeness (QED) is 0.693. The van der Waals surface area contributed by atoms with E-state index in [0.717, 1.165) is 25.4 Å². The summed E-state index contributed by atoms with van der Waals surface area (Å²) in [7, 11) is 0. The second kappa shape index (κ2) is 7.13. The summed E-state index contributed by atoms with van der Waals surface area (Å²) < 4.78 is 19.3. The molecule has 132 valence electrons. The number of halogens is 1. The minimum absolute atomic E-state index is 0.152. The Kier molecular flexibility index (Phi) is 4.88. The van der Waals surface area contributed by atoms with Gasteiger partial charge in [-0.15, -0.1) is 0 Å². The maximum Gasteiger partial charge on any atom is 0.123 e. The topological polar surface area (TPSA) is 9.23 Å². The van der Waals surface area contributed by atoms with Crippen LogP contribution in [0.15, 0.2) is 48.5 Å². The predicted molar refractivity (Wildman–Crippen MR) is 103 cm³/mol. The fourth-order valence-electron chi connectivity index (χ4n) is 4.88. The van der Waals surface area contributed by atoms with Gasteiger partial charge in [-0.25, -0.2) is 4.39 Å². The third kappa shape index (κ3) is 3.50. The zero-order valence-corrected chi connectivity index (χ0v) is 15.4. The van der Waals surface area contributed by atoms with E-state index in [4.69, 9.17) is 4.74 Å². The van der Waals surface area contributed by atoms with Gasteiger partial charge in [0.1, 0.15) is 5.82 Å². The van der Waals surface area contributed by atoms with Crippen molar-refractivity contribution in [2.45, 2.75) is 43.3 Å². The standard InChI is InChI=1S/C22H25FOS/c23-20-7-5-16(6-8-20)17-9-10-22(11-17)12-19(13-24-15-22)21-4-2-1-3-18(21)14-25/h1-8,17,19,25H,9-15H2. The maximum atomic E-state index is 13.2. The summed E-state index contributed by atoms with van der Waals surface area (Å²) in [5.74, 6) is 1.62. The lowest BCUT2D eigenvalue weighted by Gasteiger charge is -2.39. The molecule has 2 aromatic carbocycles. The summed E-state index contributed by atoms with van der Waals surface area (Å²) in [5.41, 5.74) is 4.27. The van der Waals surface area contributed by atoms with Crippen LogP contribution in [0, 0.1) is 11.2 Å². The number of rotatable bonds is 3. The van der Waals surface area contributed by atoms with Crippen molar-refractivity contribution in [2.24, 2.45) is 5.41 Å². The van der Waals surface area contributed by atoms with E-state index in [0.29, 0.717) is 11.8 Å². The molecule has 1 aliphatic carbocycles. The van der Waals surface area contributed by atoms with E-state index in [9.17, 15) is 4.39 Å². The Hall–Kier alpha value is -1.32. The van der Waals surface area contributed by atoms with Gasteiger partial charge in [-0.3, -0.25) is 0 Å². The summed E-state index contributed by atoms with van der Waals surface area (Å²) in [5, 5.41) is 0. The zero-order valence-electron chi connectivity index (χ0n) is 14.5. The van der Waals surface area contributed by atoms with Crippen LogP contribution in [-0.2, 0) is 10.5 Å². The van der Waals surface area contributed by atoms with Crippen molar-refractivity contribution in [2.75, 3.05) is 13.2 Å². The van der Waals surface area contributed by atoms with Crippen molar-refractivity contribution in [1.29, 1.82) is 0 Å². The lowest BCUT2D eigenvalue weighted by molar-refractivity contribution is -0.0186. The monoisotopic (exact) mass is 356 g/mol. The maximum absolute atomic E-state index is 13.2. The Labute approximate surface area is 155 Å². The van der Waals surface area contributed by atoms with Gasteiger partial charge >= 0.3 is 0 Å². The Morgan fingerprint density at radius 2 is 1.80 bits per heavy atom. The minimum atomic E-state index is -0.152. The molecule has 2 aliphatic rings. The van der Waals surface area contributed by atoms with E-state index in [1.165, 1.54) is 36.0 Å². The smallest absolute Gasteiger partial charge is 0.123 e. The summed E-state index contributed by atoms with van der Waals surface area (Å²) >= 11 is 4.50. The molecule has 25 heavy (non-hydrogen) atoms. The Morgan fingerprint density at radius 1 is 1.04 bits per heavy atom. The van der Waals surface area contributed by atoms with Crippen LogP contribution in [-0.4, -0.2) is 13.2 Å². The van der Waals surface area contributed by atoms with Crippen molar-refractivity contribution < 1.29 is 9.13 Å². The molecule has 1 nitrogen and oxygen atoms in total. The number of benzene rings is 2.